The van der Waals surface area contributed by atoms with Gasteiger partial charge in [-0.3, -0.25) is 4.79 Å². The Bertz CT molecular complexity index is 657. The Morgan fingerprint density at radius 2 is 2.19 bits per heavy atom. The molecule has 1 heterocycles. The van der Waals surface area contributed by atoms with Gasteiger partial charge in [0.15, 0.2) is 5.16 Å². The fourth-order valence-corrected chi connectivity index (χ4v) is 2.42. The zero-order chi connectivity index (χ0) is 15.2. The van der Waals surface area contributed by atoms with Gasteiger partial charge in [0.2, 0.25) is 5.88 Å². The molecular weight excluding hydrogens is 288 g/mol. The molecule has 0 fully saturated rings. The largest absolute Gasteiger partial charge is 0.497 e. The molecule has 1 atom stereocenters. The van der Waals surface area contributed by atoms with Gasteiger partial charge in [0.25, 0.3) is 5.56 Å². The maximum absolute atomic E-state index is 11.7. The van der Waals surface area contributed by atoms with Crippen molar-refractivity contribution < 1.29 is 9.47 Å². The van der Waals surface area contributed by atoms with Gasteiger partial charge in [-0.05, 0) is 31.5 Å². The minimum Gasteiger partial charge on any atom is -0.497 e. The number of aromatic amines is 1. The minimum absolute atomic E-state index is 0.0222. The van der Waals surface area contributed by atoms with Gasteiger partial charge >= 0.3 is 0 Å². The first-order valence-electron chi connectivity index (χ1n) is 6.70. The smallest absolute Gasteiger partial charge is 0.255 e. The molecule has 0 saturated carbocycles. The van der Waals surface area contributed by atoms with Crippen molar-refractivity contribution in [3.63, 3.8) is 0 Å². The van der Waals surface area contributed by atoms with Crippen LogP contribution in [-0.2, 0) is 0 Å². The standard InChI is InChI=1S/C15H18N2O3S/c1-4-10(2)20-14-9-13(18)16-15(17-14)21-12-7-5-6-11(8-12)19-3/h5-10H,4H2,1-3H3,(H,16,17,18). The highest BCUT2D eigenvalue weighted by atomic mass is 32.2. The summed E-state index contributed by atoms with van der Waals surface area (Å²) >= 11 is 1.35. The molecule has 2 rings (SSSR count). The van der Waals surface area contributed by atoms with Crippen LogP contribution in [0.1, 0.15) is 20.3 Å². The quantitative estimate of drug-likeness (QED) is 0.831. The Morgan fingerprint density at radius 1 is 1.38 bits per heavy atom. The Balaban J connectivity index is 2.21. The van der Waals surface area contributed by atoms with E-state index in [0.717, 1.165) is 17.1 Å². The number of rotatable bonds is 6. The fraction of sp³-hybridized carbons (Fsp3) is 0.333. The molecule has 0 aliphatic rings. The average molecular weight is 306 g/mol. The molecule has 0 radical (unpaired) electrons. The molecule has 0 spiro atoms. The molecule has 0 bridgehead atoms. The second-order valence-corrected chi connectivity index (χ2v) is 5.57. The number of aromatic nitrogens is 2. The van der Waals surface area contributed by atoms with Crippen LogP contribution in [0.25, 0.3) is 0 Å². The first-order valence-corrected chi connectivity index (χ1v) is 7.52. The number of ether oxygens (including phenoxy) is 2. The van der Waals surface area contributed by atoms with Gasteiger partial charge in [-0.15, -0.1) is 0 Å². The monoisotopic (exact) mass is 306 g/mol. The lowest BCUT2D eigenvalue weighted by atomic mass is 10.3. The summed E-state index contributed by atoms with van der Waals surface area (Å²) in [7, 11) is 1.62. The van der Waals surface area contributed by atoms with E-state index in [9.17, 15) is 4.79 Å². The number of benzene rings is 1. The van der Waals surface area contributed by atoms with Crippen molar-refractivity contribution in [1.82, 2.24) is 9.97 Å². The molecule has 1 aromatic carbocycles. The number of nitrogens with one attached hydrogen (secondary N) is 1. The van der Waals surface area contributed by atoms with E-state index >= 15 is 0 Å². The molecular formula is C15H18N2O3S. The lowest BCUT2D eigenvalue weighted by Crippen LogP contribution is -2.15. The first-order chi connectivity index (χ1) is 10.1. The van der Waals surface area contributed by atoms with E-state index in [-0.39, 0.29) is 11.7 Å². The van der Waals surface area contributed by atoms with Crippen LogP contribution < -0.4 is 15.0 Å². The van der Waals surface area contributed by atoms with Gasteiger partial charge in [-0.2, -0.15) is 4.98 Å². The van der Waals surface area contributed by atoms with E-state index < -0.39 is 0 Å². The van der Waals surface area contributed by atoms with Gasteiger partial charge < -0.3 is 14.5 Å². The van der Waals surface area contributed by atoms with E-state index in [0.29, 0.717) is 11.0 Å². The maximum Gasteiger partial charge on any atom is 0.255 e. The summed E-state index contributed by atoms with van der Waals surface area (Å²) in [5.41, 5.74) is -0.228. The predicted molar refractivity (Wildman–Crippen MR) is 82.4 cm³/mol. The number of methoxy groups -OCH3 is 1. The fourth-order valence-electron chi connectivity index (χ4n) is 1.59. The summed E-state index contributed by atoms with van der Waals surface area (Å²) in [5, 5.41) is 0.494. The zero-order valence-corrected chi connectivity index (χ0v) is 13.1. The van der Waals surface area contributed by atoms with Crippen LogP contribution in [-0.4, -0.2) is 23.2 Å². The van der Waals surface area contributed by atoms with Gasteiger partial charge in [0.05, 0.1) is 19.3 Å². The van der Waals surface area contributed by atoms with Crippen LogP contribution in [0.2, 0.25) is 0 Å². The first kappa shape index (κ1) is 15.4. The second-order valence-electron chi connectivity index (χ2n) is 4.51. The van der Waals surface area contributed by atoms with Crippen molar-refractivity contribution in [2.24, 2.45) is 0 Å². The maximum atomic E-state index is 11.7. The third-order valence-electron chi connectivity index (χ3n) is 2.85. The van der Waals surface area contributed by atoms with Crippen molar-refractivity contribution in [3.8, 4) is 11.6 Å². The van der Waals surface area contributed by atoms with Crippen LogP contribution >= 0.6 is 11.8 Å². The Labute approximate surface area is 127 Å². The van der Waals surface area contributed by atoms with Gasteiger partial charge in [-0.25, -0.2) is 0 Å². The third-order valence-corrected chi connectivity index (χ3v) is 3.73. The number of H-pyrrole nitrogens is 1. The number of hydrogen-bond acceptors (Lipinski definition) is 5. The van der Waals surface area contributed by atoms with Gasteiger partial charge in [0.1, 0.15) is 5.75 Å². The topological polar surface area (TPSA) is 64.2 Å². The molecule has 21 heavy (non-hydrogen) atoms. The average Bonchev–Trinajstić information content (AvgIpc) is 2.46. The van der Waals surface area contributed by atoms with Crippen LogP contribution in [0.15, 0.2) is 45.2 Å². The minimum atomic E-state index is -0.228. The summed E-state index contributed by atoms with van der Waals surface area (Å²) in [4.78, 5) is 19.6. The van der Waals surface area contributed by atoms with Crippen LogP contribution in [0, 0.1) is 0 Å². The van der Waals surface area contributed by atoms with E-state index in [2.05, 4.69) is 9.97 Å². The summed E-state index contributed by atoms with van der Waals surface area (Å²) in [6.07, 6.45) is 0.876. The number of hydrogen-bond donors (Lipinski definition) is 1. The molecule has 6 heteroatoms. The highest BCUT2D eigenvalue weighted by Gasteiger charge is 2.08. The molecule has 1 N–H and O–H groups in total. The molecule has 112 valence electrons. The normalized spacial score (nSPS) is 12.0. The van der Waals surface area contributed by atoms with E-state index in [1.807, 2.05) is 38.1 Å². The molecule has 0 aliphatic carbocycles. The molecule has 1 unspecified atom stereocenters. The molecule has 2 aromatic rings. The SMILES string of the molecule is CCC(C)Oc1cc(=O)[nH]c(Sc2cccc(OC)c2)n1. The summed E-state index contributed by atoms with van der Waals surface area (Å²) in [6, 6.07) is 8.92. The predicted octanol–water partition coefficient (Wildman–Crippen LogP) is 3.11. The highest BCUT2D eigenvalue weighted by molar-refractivity contribution is 7.99. The lowest BCUT2D eigenvalue weighted by Gasteiger charge is -2.11. The molecule has 0 aliphatic heterocycles. The van der Waals surface area contributed by atoms with Crippen molar-refractivity contribution in [2.75, 3.05) is 7.11 Å². The van der Waals surface area contributed by atoms with E-state index in [4.69, 9.17) is 9.47 Å². The molecule has 1 aromatic heterocycles. The Kier molecular flexibility index (Phi) is 5.27. The molecule has 0 amide bonds. The molecule has 5 nitrogen and oxygen atoms in total. The Morgan fingerprint density at radius 3 is 2.90 bits per heavy atom. The van der Waals surface area contributed by atoms with Crippen LogP contribution in [0.4, 0.5) is 0 Å². The molecule has 0 saturated heterocycles. The Hall–Kier alpha value is -1.95. The lowest BCUT2D eigenvalue weighted by molar-refractivity contribution is 0.206. The van der Waals surface area contributed by atoms with Gasteiger partial charge in [-0.1, -0.05) is 24.8 Å². The third kappa shape index (κ3) is 4.53. The van der Waals surface area contributed by atoms with Crippen LogP contribution in [0.3, 0.4) is 0 Å². The summed E-state index contributed by atoms with van der Waals surface area (Å²) in [6.45, 7) is 3.96. The van der Waals surface area contributed by atoms with Crippen molar-refractivity contribution in [1.29, 1.82) is 0 Å². The summed E-state index contributed by atoms with van der Waals surface area (Å²) in [5.74, 6) is 1.10. The summed E-state index contributed by atoms with van der Waals surface area (Å²) < 4.78 is 10.8. The highest BCUT2D eigenvalue weighted by Crippen LogP contribution is 2.27. The van der Waals surface area contributed by atoms with Gasteiger partial charge in [0, 0.05) is 4.90 Å². The van der Waals surface area contributed by atoms with E-state index in [1.165, 1.54) is 17.8 Å². The van der Waals surface area contributed by atoms with Crippen molar-refractivity contribution >= 4 is 11.8 Å². The van der Waals surface area contributed by atoms with Crippen LogP contribution in [0.5, 0.6) is 11.6 Å². The van der Waals surface area contributed by atoms with Crippen molar-refractivity contribution in [3.05, 3.63) is 40.7 Å². The zero-order valence-electron chi connectivity index (χ0n) is 12.3. The van der Waals surface area contributed by atoms with E-state index in [1.54, 1.807) is 7.11 Å². The van der Waals surface area contributed by atoms with Crippen molar-refractivity contribution in [2.45, 2.75) is 36.4 Å². The number of nitrogens with zero attached hydrogens (tertiary/aromatic N) is 1. The second kappa shape index (κ2) is 7.17.